The number of ether oxygens (including phenoxy) is 2. The van der Waals surface area contributed by atoms with Crippen LogP contribution >= 0.6 is 0 Å². The lowest BCUT2D eigenvalue weighted by molar-refractivity contribution is -0.00235. The Bertz CT molecular complexity index is 1060. The van der Waals surface area contributed by atoms with Gasteiger partial charge in [0.25, 0.3) is 10.9 Å². The largest absolute Gasteiger partial charge is 0.385 e. The first kappa shape index (κ1) is 30.7. The highest BCUT2D eigenvalue weighted by molar-refractivity contribution is 5.75. The average molecular weight is 554 g/mol. The van der Waals surface area contributed by atoms with Crippen molar-refractivity contribution in [1.82, 2.24) is 5.32 Å². The molecule has 2 aliphatic rings. The summed E-state index contributed by atoms with van der Waals surface area (Å²) in [5.41, 5.74) is 1.62. The van der Waals surface area contributed by atoms with Crippen LogP contribution in [0.15, 0.2) is 39.9 Å². The molecule has 3 atom stereocenters. The van der Waals surface area contributed by atoms with Crippen molar-refractivity contribution in [1.29, 1.82) is 0 Å². The Morgan fingerprint density at radius 3 is 2.52 bits per heavy atom. The zero-order valence-electron chi connectivity index (χ0n) is 24.8. The lowest BCUT2D eigenvalue weighted by Crippen LogP contribution is -2.49. The first-order valence-corrected chi connectivity index (χ1v) is 15.8. The second-order valence-electron chi connectivity index (χ2n) is 11.9. The maximum Gasteiger partial charge on any atom is 0.253 e. The van der Waals surface area contributed by atoms with Gasteiger partial charge < -0.3 is 25.0 Å². The van der Waals surface area contributed by atoms with Crippen LogP contribution in [0, 0.1) is 11.8 Å². The molecule has 1 aliphatic carbocycles. The van der Waals surface area contributed by atoms with Crippen LogP contribution in [-0.4, -0.2) is 52.5 Å². The predicted octanol–water partition coefficient (Wildman–Crippen LogP) is 5.43. The molecule has 0 bridgehead atoms. The van der Waals surface area contributed by atoms with E-state index in [-0.39, 0.29) is 28.9 Å². The summed E-state index contributed by atoms with van der Waals surface area (Å²) in [6, 6.07) is 10.6. The maximum absolute atomic E-state index is 13.0. The lowest BCUT2D eigenvalue weighted by atomic mass is 9.84. The van der Waals surface area contributed by atoms with Gasteiger partial charge >= 0.3 is 0 Å². The fourth-order valence-corrected chi connectivity index (χ4v) is 6.64. The Labute approximate surface area is 240 Å². The van der Waals surface area contributed by atoms with Crippen molar-refractivity contribution in [3.63, 3.8) is 0 Å². The molecule has 1 heterocycles. The summed E-state index contributed by atoms with van der Waals surface area (Å²) in [7, 11) is 1.71. The summed E-state index contributed by atoms with van der Waals surface area (Å²) in [5, 5.41) is 7.19. The highest BCUT2D eigenvalue weighted by Gasteiger charge is 2.34. The van der Waals surface area contributed by atoms with Crippen LogP contribution in [0.25, 0.3) is 0 Å². The monoisotopic (exact) mass is 553 g/mol. The van der Waals surface area contributed by atoms with E-state index in [1.54, 1.807) is 7.11 Å². The van der Waals surface area contributed by atoms with Gasteiger partial charge in [-0.3, -0.25) is 9.59 Å². The molecule has 0 radical (unpaired) electrons. The maximum atomic E-state index is 13.0. The topological polar surface area (TPSA) is 79.9 Å². The van der Waals surface area contributed by atoms with Crippen molar-refractivity contribution < 1.29 is 9.47 Å². The van der Waals surface area contributed by atoms with Gasteiger partial charge in [0.15, 0.2) is 0 Å². The van der Waals surface area contributed by atoms with Crippen molar-refractivity contribution in [2.24, 2.45) is 11.8 Å². The fraction of sp³-hybridized carbons (Fsp3) is 0.697. The molecule has 2 N–H and O–H groups in total. The number of methoxy groups -OCH3 is 1. The molecule has 222 valence electrons. The minimum absolute atomic E-state index is 0.0504. The zero-order valence-corrected chi connectivity index (χ0v) is 24.8. The molecule has 4 rings (SSSR count). The van der Waals surface area contributed by atoms with E-state index in [9.17, 15) is 9.59 Å². The summed E-state index contributed by atoms with van der Waals surface area (Å²) >= 11 is 0. The molecule has 1 aliphatic heterocycles. The number of rotatable bonds is 17. The minimum atomic E-state index is -0.352. The van der Waals surface area contributed by atoms with Crippen LogP contribution in [0.5, 0.6) is 0 Å². The van der Waals surface area contributed by atoms with Crippen LogP contribution in [0.2, 0.25) is 0 Å². The average Bonchev–Trinajstić information content (AvgIpc) is 3.00. The molecular formula is C33H51N3O4. The van der Waals surface area contributed by atoms with E-state index in [4.69, 9.17) is 9.47 Å². The summed E-state index contributed by atoms with van der Waals surface area (Å²) in [4.78, 5) is 28.1. The zero-order chi connectivity index (χ0) is 28.2. The van der Waals surface area contributed by atoms with Crippen molar-refractivity contribution in [3.8, 4) is 0 Å². The normalized spacial score (nSPS) is 20.1. The molecule has 1 saturated carbocycles. The van der Waals surface area contributed by atoms with Crippen molar-refractivity contribution in [3.05, 3.63) is 56.3 Å². The molecular weight excluding hydrogens is 502 g/mol. The van der Waals surface area contributed by atoms with E-state index in [0.717, 1.165) is 58.2 Å². The van der Waals surface area contributed by atoms with Gasteiger partial charge in [-0.05, 0) is 50.1 Å². The van der Waals surface area contributed by atoms with Crippen molar-refractivity contribution in [2.45, 2.75) is 89.7 Å². The van der Waals surface area contributed by atoms with Crippen molar-refractivity contribution in [2.75, 3.05) is 56.7 Å². The van der Waals surface area contributed by atoms with E-state index in [1.807, 2.05) is 6.07 Å². The Balaban J connectivity index is 1.47. The third-order valence-corrected chi connectivity index (χ3v) is 8.79. The van der Waals surface area contributed by atoms with E-state index < -0.39 is 0 Å². The molecule has 1 saturated heterocycles. The molecule has 0 amide bonds. The minimum Gasteiger partial charge on any atom is -0.385 e. The Morgan fingerprint density at radius 1 is 0.975 bits per heavy atom. The smallest absolute Gasteiger partial charge is 0.253 e. The van der Waals surface area contributed by atoms with E-state index >= 15 is 0 Å². The molecule has 40 heavy (non-hydrogen) atoms. The number of nitrogens with zero attached hydrogens (tertiary/aromatic N) is 1. The number of hydrogen-bond donors (Lipinski definition) is 2. The van der Waals surface area contributed by atoms with Crippen LogP contribution in [0.1, 0.15) is 89.2 Å². The van der Waals surface area contributed by atoms with Gasteiger partial charge in [0.1, 0.15) is 11.4 Å². The number of unbranched alkanes of at least 4 members (excludes halogenated alkanes) is 1. The van der Waals surface area contributed by atoms with E-state index in [1.165, 1.54) is 37.7 Å². The van der Waals surface area contributed by atoms with E-state index in [0.29, 0.717) is 37.1 Å². The first-order valence-electron chi connectivity index (χ1n) is 15.8. The van der Waals surface area contributed by atoms with Crippen LogP contribution in [0.4, 0.5) is 11.4 Å². The van der Waals surface area contributed by atoms with Gasteiger partial charge in [-0.1, -0.05) is 75.8 Å². The van der Waals surface area contributed by atoms with Gasteiger partial charge in [0.05, 0.1) is 6.10 Å². The number of hydrogen-bond acceptors (Lipinski definition) is 7. The molecule has 7 heteroatoms. The third-order valence-electron chi connectivity index (χ3n) is 8.79. The van der Waals surface area contributed by atoms with Gasteiger partial charge in [0.2, 0.25) is 0 Å². The quantitative estimate of drug-likeness (QED) is 0.200. The predicted molar refractivity (Wildman–Crippen MR) is 164 cm³/mol. The summed E-state index contributed by atoms with van der Waals surface area (Å²) in [6.07, 6.45) is 12.6. The molecule has 1 unspecified atom stereocenters. The second-order valence-corrected chi connectivity index (χ2v) is 11.9. The van der Waals surface area contributed by atoms with Gasteiger partial charge in [-0.15, -0.1) is 0 Å². The van der Waals surface area contributed by atoms with Crippen LogP contribution in [0.3, 0.4) is 0 Å². The highest BCUT2D eigenvalue weighted by Crippen LogP contribution is 2.36. The van der Waals surface area contributed by atoms with Crippen LogP contribution < -0.4 is 26.4 Å². The third kappa shape index (κ3) is 8.40. The number of benzene rings is 1. The Morgan fingerprint density at radius 2 is 1.77 bits per heavy atom. The van der Waals surface area contributed by atoms with Crippen LogP contribution in [-0.2, 0) is 9.47 Å². The molecule has 2 aromatic rings. The first-order chi connectivity index (χ1) is 19.6. The molecule has 2 fully saturated rings. The number of piperidine rings is 1. The molecule has 0 spiro atoms. The van der Waals surface area contributed by atoms with Gasteiger partial charge in [0, 0.05) is 51.9 Å². The van der Waals surface area contributed by atoms with E-state index in [2.05, 4.69) is 46.7 Å². The molecule has 7 nitrogen and oxygen atoms in total. The number of nitrogens with one attached hydrogen (secondary N) is 2. The van der Waals surface area contributed by atoms with Crippen molar-refractivity contribution >= 4 is 11.4 Å². The Hall–Kier alpha value is -2.22. The summed E-state index contributed by atoms with van der Waals surface area (Å²) in [5.74, 6) is 0.931. The van der Waals surface area contributed by atoms with Gasteiger partial charge in [-0.25, -0.2) is 0 Å². The number of anilines is 2. The standard InChI is InChI=1S/C33H51N3O4/c1-3-4-18-34-23-28(22-25-13-7-5-8-14-25)35-29-30(32(38)31(29)37)36-19-11-17-27(24-36)33(40-21-12-20-39-2)26-15-9-6-10-16-26/h6,9-10,15-16,25,27-28,33-35H,3-5,7-8,11-14,17-24H2,1-2H3/t27?,28-,33-/m0/s1. The summed E-state index contributed by atoms with van der Waals surface area (Å²) < 4.78 is 11.7. The Kier molecular flexibility index (Phi) is 12.5. The SMILES string of the molecule is CCCCNC[C@H](CC1CCCCC1)Nc1c(N2CCCC([C@@H](OCCCOC)c3ccccc3)C2)c(=O)c1=O. The summed E-state index contributed by atoms with van der Waals surface area (Å²) in [6.45, 7) is 6.82. The fourth-order valence-electron chi connectivity index (χ4n) is 6.64. The highest BCUT2D eigenvalue weighted by atomic mass is 16.5. The molecule has 0 aromatic heterocycles. The second kappa shape index (κ2) is 16.3. The molecule has 2 aromatic carbocycles. The van der Waals surface area contributed by atoms with Gasteiger partial charge in [-0.2, -0.15) is 0 Å². The lowest BCUT2D eigenvalue weighted by Gasteiger charge is -2.39.